The number of hydrogen-bond donors (Lipinski definition) is 2. The van der Waals surface area contributed by atoms with Gasteiger partial charge >= 0.3 is 6.18 Å². The van der Waals surface area contributed by atoms with Crippen LogP contribution in [0.4, 0.5) is 13.2 Å². The molecule has 8 heteroatoms. The lowest BCUT2D eigenvalue weighted by Gasteiger charge is -2.26. The number of halogens is 3. The number of hydrogen-bond acceptors (Lipinski definition) is 3. The summed E-state index contributed by atoms with van der Waals surface area (Å²) in [5, 5.41) is 5.98. The van der Waals surface area contributed by atoms with E-state index in [-0.39, 0.29) is 6.54 Å². The smallest absolute Gasteiger partial charge is 0.379 e. The predicted molar refractivity (Wildman–Crippen MR) is 71.9 cm³/mol. The van der Waals surface area contributed by atoms with Crippen molar-refractivity contribution in [3.05, 3.63) is 0 Å². The first-order valence-corrected chi connectivity index (χ1v) is 6.90. The first kappa shape index (κ1) is 17.0. The lowest BCUT2D eigenvalue weighted by molar-refractivity contribution is -0.132. The molecule has 0 atom stereocenters. The number of nitrogens with zero attached hydrogens (tertiary/aromatic N) is 2. The zero-order valence-electron chi connectivity index (χ0n) is 11.8. The highest BCUT2D eigenvalue weighted by molar-refractivity contribution is 5.79. The van der Waals surface area contributed by atoms with Gasteiger partial charge in [-0.05, 0) is 6.92 Å². The maximum atomic E-state index is 12.1. The van der Waals surface area contributed by atoms with E-state index in [2.05, 4.69) is 20.5 Å². The summed E-state index contributed by atoms with van der Waals surface area (Å²) in [4.78, 5) is 6.16. The number of nitrogens with one attached hydrogen (secondary N) is 2. The summed E-state index contributed by atoms with van der Waals surface area (Å²) in [5.74, 6) is 0.435. The SMILES string of the molecule is CCNC(=NCCC(F)(F)F)NCCN1CCOCC1. The van der Waals surface area contributed by atoms with Crippen molar-refractivity contribution in [3.8, 4) is 0 Å². The Balaban J connectivity index is 2.24. The van der Waals surface area contributed by atoms with Crippen LogP contribution in [0.25, 0.3) is 0 Å². The molecular formula is C12H23F3N4O. The molecule has 0 aliphatic carbocycles. The summed E-state index contributed by atoms with van der Waals surface area (Å²) < 4.78 is 41.4. The molecule has 2 N–H and O–H groups in total. The number of aliphatic imine (C=N–C) groups is 1. The summed E-state index contributed by atoms with van der Waals surface area (Å²) in [5.41, 5.74) is 0. The highest BCUT2D eigenvalue weighted by Gasteiger charge is 2.26. The normalized spacial score (nSPS) is 18.1. The summed E-state index contributed by atoms with van der Waals surface area (Å²) in [7, 11) is 0. The minimum atomic E-state index is -4.16. The molecule has 0 aromatic rings. The van der Waals surface area contributed by atoms with Gasteiger partial charge in [-0.1, -0.05) is 0 Å². The fraction of sp³-hybridized carbons (Fsp3) is 0.917. The lowest BCUT2D eigenvalue weighted by atomic mass is 10.4. The van der Waals surface area contributed by atoms with Crippen molar-refractivity contribution in [2.24, 2.45) is 4.99 Å². The molecule has 5 nitrogen and oxygen atoms in total. The number of rotatable bonds is 6. The number of alkyl halides is 3. The molecule has 1 heterocycles. The zero-order chi connectivity index (χ0) is 14.8. The van der Waals surface area contributed by atoms with Crippen LogP contribution in [0.3, 0.4) is 0 Å². The zero-order valence-corrected chi connectivity index (χ0v) is 11.8. The highest BCUT2D eigenvalue weighted by atomic mass is 19.4. The van der Waals surface area contributed by atoms with Crippen molar-refractivity contribution in [2.45, 2.75) is 19.5 Å². The van der Waals surface area contributed by atoms with E-state index in [4.69, 9.17) is 4.74 Å². The monoisotopic (exact) mass is 296 g/mol. The van der Waals surface area contributed by atoms with Crippen LogP contribution in [-0.2, 0) is 4.74 Å². The molecule has 0 amide bonds. The first-order chi connectivity index (χ1) is 9.51. The number of morpholine rings is 1. The molecule has 0 aromatic carbocycles. The van der Waals surface area contributed by atoms with E-state index < -0.39 is 12.6 Å². The van der Waals surface area contributed by atoms with Crippen LogP contribution in [0, 0.1) is 0 Å². The van der Waals surface area contributed by atoms with Crippen LogP contribution in [0.1, 0.15) is 13.3 Å². The first-order valence-electron chi connectivity index (χ1n) is 6.90. The van der Waals surface area contributed by atoms with Gasteiger partial charge in [-0.15, -0.1) is 0 Å². The van der Waals surface area contributed by atoms with Crippen molar-refractivity contribution in [1.29, 1.82) is 0 Å². The van der Waals surface area contributed by atoms with Gasteiger partial charge in [0.2, 0.25) is 0 Å². The minimum Gasteiger partial charge on any atom is -0.379 e. The Labute approximate surface area is 117 Å². The quantitative estimate of drug-likeness (QED) is 0.563. The second-order valence-corrected chi connectivity index (χ2v) is 4.51. The Morgan fingerprint density at radius 2 is 1.95 bits per heavy atom. The van der Waals surface area contributed by atoms with E-state index in [0.29, 0.717) is 19.0 Å². The van der Waals surface area contributed by atoms with Gasteiger partial charge in [0.25, 0.3) is 0 Å². The molecule has 0 saturated carbocycles. The largest absolute Gasteiger partial charge is 0.390 e. The van der Waals surface area contributed by atoms with Crippen LogP contribution >= 0.6 is 0 Å². The van der Waals surface area contributed by atoms with E-state index in [1.807, 2.05) is 6.92 Å². The van der Waals surface area contributed by atoms with Crippen LogP contribution < -0.4 is 10.6 Å². The molecule has 0 spiro atoms. The molecule has 0 bridgehead atoms. The van der Waals surface area contributed by atoms with Gasteiger partial charge in [0.05, 0.1) is 26.2 Å². The molecule has 0 radical (unpaired) electrons. The fourth-order valence-corrected chi connectivity index (χ4v) is 1.79. The maximum absolute atomic E-state index is 12.1. The number of guanidine groups is 1. The summed E-state index contributed by atoms with van der Waals surface area (Å²) in [6.07, 6.45) is -5.05. The summed E-state index contributed by atoms with van der Waals surface area (Å²) >= 11 is 0. The molecule has 1 saturated heterocycles. The van der Waals surface area contributed by atoms with Crippen molar-refractivity contribution < 1.29 is 17.9 Å². The van der Waals surface area contributed by atoms with Gasteiger partial charge in [-0.2, -0.15) is 13.2 Å². The van der Waals surface area contributed by atoms with Gasteiger partial charge in [-0.25, -0.2) is 0 Å². The molecule has 20 heavy (non-hydrogen) atoms. The maximum Gasteiger partial charge on any atom is 0.390 e. The molecule has 1 aliphatic heterocycles. The highest BCUT2D eigenvalue weighted by Crippen LogP contribution is 2.18. The Morgan fingerprint density at radius 3 is 2.55 bits per heavy atom. The van der Waals surface area contributed by atoms with Gasteiger partial charge in [-0.3, -0.25) is 9.89 Å². The van der Waals surface area contributed by atoms with E-state index in [1.54, 1.807) is 0 Å². The third kappa shape index (κ3) is 8.21. The molecular weight excluding hydrogens is 273 g/mol. The topological polar surface area (TPSA) is 48.9 Å². The average Bonchev–Trinajstić information content (AvgIpc) is 2.38. The molecule has 0 unspecified atom stereocenters. The van der Waals surface area contributed by atoms with Crippen LogP contribution in [0.2, 0.25) is 0 Å². The Bertz CT molecular complexity index is 291. The van der Waals surface area contributed by atoms with Gasteiger partial charge in [0.1, 0.15) is 0 Å². The molecule has 1 rings (SSSR count). The van der Waals surface area contributed by atoms with E-state index >= 15 is 0 Å². The second kappa shape index (κ2) is 9.02. The molecule has 118 valence electrons. The van der Waals surface area contributed by atoms with Crippen molar-refractivity contribution in [1.82, 2.24) is 15.5 Å². The van der Waals surface area contributed by atoms with Crippen LogP contribution in [-0.4, -0.2) is 69.5 Å². The average molecular weight is 296 g/mol. The number of ether oxygens (including phenoxy) is 1. The van der Waals surface area contributed by atoms with Gasteiger partial charge in [0.15, 0.2) is 5.96 Å². The minimum absolute atomic E-state index is 0.254. The third-order valence-corrected chi connectivity index (χ3v) is 2.83. The molecule has 1 aliphatic rings. The second-order valence-electron chi connectivity index (χ2n) is 4.51. The van der Waals surface area contributed by atoms with Gasteiger partial charge in [0, 0.05) is 32.7 Å². The predicted octanol–water partition coefficient (Wildman–Crippen LogP) is 0.826. The van der Waals surface area contributed by atoms with Crippen LogP contribution in [0.5, 0.6) is 0 Å². The van der Waals surface area contributed by atoms with Crippen molar-refractivity contribution in [2.75, 3.05) is 52.5 Å². The molecule has 1 fully saturated rings. The van der Waals surface area contributed by atoms with Gasteiger partial charge < -0.3 is 15.4 Å². The Kier molecular flexibility index (Phi) is 7.68. The fourth-order valence-electron chi connectivity index (χ4n) is 1.79. The summed E-state index contributed by atoms with van der Waals surface area (Å²) in [6.45, 7) is 6.98. The van der Waals surface area contributed by atoms with Crippen molar-refractivity contribution in [3.63, 3.8) is 0 Å². The Morgan fingerprint density at radius 1 is 1.25 bits per heavy atom. The van der Waals surface area contributed by atoms with E-state index in [1.165, 1.54) is 0 Å². The van der Waals surface area contributed by atoms with E-state index in [9.17, 15) is 13.2 Å². The molecule has 0 aromatic heterocycles. The van der Waals surface area contributed by atoms with Crippen molar-refractivity contribution >= 4 is 5.96 Å². The Hall–Kier alpha value is -1.02. The van der Waals surface area contributed by atoms with E-state index in [0.717, 1.165) is 32.8 Å². The standard InChI is InChI=1S/C12H23F3N4O/c1-2-16-11(17-4-3-12(13,14)15)18-5-6-19-7-9-20-10-8-19/h2-10H2,1H3,(H2,16,17,18). The van der Waals surface area contributed by atoms with Crippen LogP contribution in [0.15, 0.2) is 4.99 Å². The summed E-state index contributed by atoms with van der Waals surface area (Å²) in [6, 6.07) is 0. The lowest BCUT2D eigenvalue weighted by Crippen LogP contribution is -2.44. The third-order valence-electron chi connectivity index (χ3n) is 2.83.